The number of hydrogen-bond acceptors (Lipinski definition) is 11. The minimum atomic E-state index is -1.68. The van der Waals surface area contributed by atoms with Crippen LogP contribution in [0.4, 0.5) is 9.59 Å². The van der Waals surface area contributed by atoms with Gasteiger partial charge in [-0.15, -0.1) is 0 Å². The molecule has 2 aliphatic carbocycles. The smallest absolute Gasteiger partial charge is 0.409 e. The van der Waals surface area contributed by atoms with Gasteiger partial charge in [0, 0.05) is 62.1 Å². The number of alkyl carbamates (subject to hydrolysis) is 2. The van der Waals surface area contributed by atoms with E-state index in [0.717, 1.165) is 108 Å². The molecule has 3 saturated heterocycles. The van der Waals surface area contributed by atoms with Crippen molar-refractivity contribution in [2.24, 2.45) is 10.9 Å². The maximum Gasteiger partial charge on any atom is 0.409 e. The van der Waals surface area contributed by atoms with Crippen molar-refractivity contribution in [1.29, 1.82) is 0 Å². The van der Waals surface area contributed by atoms with E-state index in [0.29, 0.717) is 30.6 Å². The summed E-state index contributed by atoms with van der Waals surface area (Å²) in [5, 5.41) is 15.5. The molecule has 2 aromatic rings. The molecule has 0 aromatic carbocycles. The Kier molecular flexibility index (Phi) is 11.0. The third-order valence-corrected chi connectivity index (χ3v) is 12.4. The second-order valence-corrected chi connectivity index (χ2v) is 15.8. The largest absolute Gasteiger partial charge is 0.453 e. The molecule has 16 nitrogen and oxygen atoms in total. The van der Waals surface area contributed by atoms with Crippen LogP contribution in [0.5, 0.6) is 0 Å². The van der Waals surface area contributed by atoms with Crippen molar-refractivity contribution in [2.75, 3.05) is 46.9 Å². The number of H-pyrrole nitrogens is 2. The number of aliphatic hydroxyl groups is 1. The predicted molar refractivity (Wildman–Crippen MR) is 202 cm³/mol. The van der Waals surface area contributed by atoms with Crippen molar-refractivity contribution in [3.8, 4) is 0 Å². The van der Waals surface area contributed by atoms with E-state index >= 15 is 0 Å². The van der Waals surface area contributed by atoms with Gasteiger partial charge in [-0.25, -0.2) is 24.5 Å². The summed E-state index contributed by atoms with van der Waals surface area (Å²) < 4.78 is 9.41. The number of carbonyl (C=O) groups excluding carboxylic acids is 3. The van der Waals surface area contributed by atoms with Gasteiger partial charge in [-0.3, -0.25) is 15.0 Å². The van der Waals surface area contributed by atoms with Gasteiger partial charge in [0.25, 0.3) is 5.91 Å². The molecule has 1 saturated carbocycles. The highest BCUT2D eigenvalue weighted by atomic mass is 16.5. The van der Waals surface area contributed by atoms with Crippen molar-refractivity contribution in [1.82, 2.24) is 45.3 Å². The minimum Gasteiger partial charge on any atom is -0.453 e. The summed E-state index contributed by atoms with van der Waals surface area (Å²) in [4.78, 5) is 64.9. The highest BCUT2D eigenvalue weighted by Gasteiger charge is 2.39. The average Bonchev–Trinajstić information content (AvgIpc) is 3.64. The molecule has 6 aliphatic rings. The van der Waals surface area contributed by atoms with Gasteiger partial charge in [-0.05, 0) is 94.2 Å². The fourth-order valence-electron chi connectivity index (χ4n) is 9.20. The molecule has 4 aliphatic heterocycles. The number of aliphatic hydroxyl groups excluding tert-OH is 1. The number of methoxy groups -OCH3 is 2. The van der Waals surface area contributed by atoms with Crippen LogP contribution in [0.3, 0.4) is 0 Å². The molecule has 4 unspecified atom stereocenters. The van der Waals surface area contributed by atoms with Gasteiger partial charge in [0.15, 0.2) is 0 Å². The number of nitrogens with one attached hydrogen (secondary N) is 4. The van der Waals surface area contributed by atoms with Crippen molar-refractivity contribution >= 4 is 29.5 Å². The molecular formula is C39H54N10O6. The van der Waals surface area contributed by atoms with Crippen molar-refractivity contribution in [3.63, 3.8) is 0 Å². The number of likely N-dealkylation sites (tertiary alicyclic amines) is 3. The van der Waals surface area contributed by atoms with Gasteiger partial charge in [0.05, 0.1) is 38.2 Å². The minimum absolute atomic E-state index is 0.119. The number of aromatic amines is 2. The molecule has 2 aromatic heterocycles. The van der Waals surface area contributed by atoms with Gasteiger partial charge in [-0.2, -0.15) is 0 Å². The van der Waals surface area contributed by atoms with E-state index in [-0.39, 0.29) is 24.2 Å². The van der Waals surface area contributed by atoms with Crippen LogP contribution in [-0.2, 0) is 14.3 Å². The van der Waals surface area contributed by atoms with E-state index in [1.54, 1.807) is 4.90 Å². The van der Waals surface area contributed by atoms with Crippen LogP contribution in [0, 0.1) is 5.92 Å². The molecule has 55 heavy (non-hydrogen) atoms. The highest BCUT2D eigenvalue weighted by molar-refractivity contribution is 5.86. The number of hydrogen-bond donors (Lipinski definition) is 5. The van der Waals surface area contributed by atoms with Gasteiger partial charge in [0.2, 0.25) is 6.23 Å². The van der Waals surface area contributed by atoms with Crippen molar-refractivity contribution < 1.29 is 29.0 Å². The number of amides is 3. The molecule has 4 fully saturated rings. The highest BCUT2D eigenvalue weighted by Crippen LogP contribution is 2.39. The monoisotopic (exact) mass is 758 g/mol. The first-order chi connectivity index (χ1) is 26.8. The summed E-state index contributed by atoms with van der Waals surface area (Å²) in [5.41, 5.74) is 5.81. The number of ether oxygens (including phenoxy) is 2. The number of aromatic nitrogens is 4. The number of carbonyl (C=O) groups is 3. The molecule has 296 valence electrons. The number of amidine groups is 1. The number of rotatable bonds is 10. The van der Waals surface area contributed by atoms with Crippen molar-refractivity contribution in [2.45, 2.75) is 107 Å². The van der Waals surface area contributed by atoms with E-state index in [2.05, 4.69) is 52.4 Å². The third kappa shape index (κ3) is 8.15. The number of aliphatic imine (C=N–C) groups is 1. The predicted octanol–water partition coefficient (Wildman–Crippen LogP) is 4.25. The Balaban J connectivity index is 0.856. The van der Waals surface area contributed by atoms with Crippen molar-refractivity contribution in [3.05, 3.63) is 52.8 Å². The third-order valence-electron chi connectivity index (χ3n) is 12.4. The number of piperidine rings is 1. The van der Waals surface area contributed by atoms with Crippen LogP contribution in [0.1, 0.15) is 118 Å². The summed E-state index contributed by atoms with van der Waals surface area (Å²) in [7, 11) is 2.61. The first-order valence-electron chi connectivity index (χ1n) is 20.0. The Morgan fingerprint density at radius 2 is 1.58 bits per heavy atom. The Bertz CT molecular complexity index is 1840. The lowest BCUT2D eigenvalue weighted by Gasteiger charge is -2.36. The summed E-state index contributed by atoms with van der Waals surface area (Å²) in [5.74, 6) is 3.33. The molecule has 0 spiro atoms. The van der Waals surface area contributed by atoms with Gasteiger partial charge >= 0.3 is 12.2 Å². The fourth-order valence-corrected chi connectivity index (χ4v) is 9.20. The maximum absolute atomic E-state index is 12.9. The van der Waals surface area contributed by atoms with Gasteiger partial charge in [-0.1, -0.05) is 6.08 Å². The Hall–Kier alpha value is -4.70. The molecular weight excluding hydrogens is 704 g/mol. The standard InChI is InChI=1S/C39H54N10O6/c1-54-38(52)45-30(23-7-8-23)22-48-15-3-5-31(48)34-40-20-28(43-34)24-13-17-47(18-14-24)33-12-10-25-19-26(9-11-27(25)42-33)29-21-41-35(44-29)32-6-4-16-49(32)37(51)36(50)46-39(53)55-2/h19-21,23-24,30-32,36,50H,3-18,22H2,1-2H3,(H,40,43)(H,41,44)(H,45,52)(H,46,53). The van der Waals surface area contributed by atoms with E-state index in [9.17, 15) is 19.5 Å². The number of allylic oxidation sites excluding steroid dienone is 4. The molecule has 16 heteroatoms. The van der Waals surface area contributed by atoms with Crippen LogP contribution in [0.2, 0.25) is 0 Å². The van der Waals surface area contributed by atoms with E-state index in [1.807, 2.05) is 6.20 Å². The number of imidazole rings is 2. The lowest BCUT2D eigenvalue weighted by Crippen LogP contribution is -2.48. The maximum atomic E-state index is 12.9. The topological polar surface area (TPSA) is 193 Å². The first-order valence-corrected chi connectivity index (χ1v) is 20.0. The van der Waals surface area contributed by atoms with Gasteiger partial charge < -0.3 is 39.7 Å². The quantitative estimate of drug-likeness (QED) is 0.219. The van der Waals surface area contributed by atoms with E-state index in [1.165, 1.54) is 42.6 Å². The Morgan fingerprint density at radius 3 is 2.36 bits per heavy atom. The fraction of sp³-hybridized carbons (Fsp3) is 0.641. The zero-order valence-corrected chi connectivity index (χ0v) is 31.9. The van der Waals surface area contributed by atoms with Crippen LogP contribution >= 0.6 is 0 Å². The van der Waals surface area contributed by atoms with E-state index < -0.39 is 18.2 Å². The molecule has 8 rings (SSSR count). The van der Waals surface area contributed by atoms with Crippen LogP contribution < -0.4 is 10.6 Å². The summed E-state index contributed by atoms with van der Waals surface area (Å²) in [6.07, 6.45) is 15.0. The summed E-state index contributed by atoms with van der Waals surface area (Å²) in [6, 6.07) is 0.0647. The average molecular weight is 759 g/mol. The molecule has 6 heterocycles. The SMILES string of the molecule is COC(=O)NC(O)C(=O)N1CCCC1c1ncc(C2=CC3=C(CC2)N=C(N2CCC(c4cnc(C5CCCN5CC(NC(=O)OC)C5CC5)[nH]4)CC2)CC3)[nH]1. The number of nitrogens with zero attached hydrogens (tertiary/aromatic N) is 6. The molecule has 3 amide bonds. The molecule has 0 radical (unpaired) electrons. The Morgan fingerprint density at radius 1 is 0.855 bits per heavy atom. The van der Waals surface area contributed by atoms with Crippen LogP contribution in [-0.4, -0.2) is 123 Å². The summed E-state index contributed by atoms with van der Waals surface area (Å²) >= 11 is 0. The van der Waals surface area contributed by atoms with Crippen LogP contribution in [0.25, 0.3) is 5.57 Å². The van der Waals surface area contributed by atoms with Gasteiger partial charge in [0.1, 0.15) is 17.5 Å². The second-order valence-electron chi connectivity index (χ2n) is 15.8. The van der Waals surface area contributed by atoms with E-state index in [4.69, 9.17) is 14.7 Å². The zero-order chi connectivity index (χ0) is 38.1. The molecule has 0 bridgehead atoms. The lowest BCUT2D eigenvalue weighted by molar-refractivity contribution is -0.142. The lowest BCUT2D eigenvalue weighted by atomic mass is 9.90. The second kappa shape index (κ2) is 16.2. The van der Waals surface area contributed by atoms with Crippen LogP contribution in [0.15, 0.2) is 34.7 Å². The molecule has 4 atom stereocenters. The summed E-state index contributed by atoms with van der Waals surface area (Å²) in [6.45, 7) is 4.27. The Labute approximate surface area is 321 Å². The molecule has 5 N–H and O–H groups in total. The first kappa shape index (κ1) is 37.2. The zero-order valence-electron chi connectivity index (χ0n) is 31.9. The normalized spacial score (nSPS) is 24.6.